The van der Waals surface area contributed by atoms with Crippen LogP contribution in [0.1, 0.15) is 9.68 Å². The van der Waals surface area contributed by atoms with Gasteiger partial charge in [0.2, 0.25) is 0 Å². The number of rotatable bonds is 3. The highest BCUT2D eigenvalue weighted by Crippen LogP contribution is 2.24. The van der Waals surface area contributed by atoms with Gasteiger partial charge in [0.25, 0.3) is 10.0 Å². The van der Waals surface area contributed by atoms with Gasteiger partial charge in [-0.05, 0) is 25.1 Å². The summed E-state index contributed by atoms with van der Waals surface area (Å²) < 4.78 is 50.3. The maximum absolute atomic E-state index is 12.9. The Morgan fingerprint density at radius 1 is 1.24 bits per heavy atom. The molecule has 0 amide bonds. The smallest absolute Gasteiger partial charge is 0.269 e. The first-order valence-electron chi connectivity index (χ1n) is 7.63. The van der Waals surface area contributed by atoms with E-state index in [1.165, 1.54) is 19.2 Å². The molecule has 1 aromatic carbocycles. The number of anilines is 1. The van der Waals surface area contributed by atoms with Crippen LogP contribution in [-0.4, -0.2) is 29.4 Å². The first-order valence-corrected chi connectivity index (χ1v) is 7.57. The second-order valence-electron chi connectivity index (χ2n) is 4.44. The maximum Gasteiger partial charge on any atom is 0.269 e. The lowest BCUT2D eigenvalue weighted by atomic mass is 10.2. The molecule has 6 nitrogen and oxygen atoms in total. The van der Waals surface area contributed by atoms with Crippen molar-refractivity contribution in [3.63, 3.8) is 0 Å². The van der Waals surface area contributed by atoms with Crippen LogP contribution in [0.5, 0.6) is 0 Å². The van der Waals surface area contributed by atoms with E-state index in [4.69, 9.17) is 4.11 Å². The zero-order valence-electron chi connectivity index (χ0n) is 14.4. The summed E-state index contributed by atoms with van der Waals surface area (Å²) >= 11 is 0. The van der Waals surface area contributed by atoms with Crippen molar-refractivity contribution in [3.05, 3.63) is 48.3 Å². The molecule has 0 aliphatic carbocycles. The van der Waals surface area contributed by atoms with Crippen LogP contribution in [0.3, 0.4) is 0 Å². The van der Waals surface area contributed by atoms with Gasteiger partial charge in [0.1, 0.15) is 13.5 Å². The Kier molecular flexibility index (Phi) is 2.39. The second kappa shape index (κ2) is 4.85. The van der Waals surface area contributed by atoms with Crippen molar-refractivity contribution in [2.75, 3.05) is 12.4 Å². The Morgan fingerprint density at radius 3 is 2.62 bits per heavy atom. The van der Waals surface area contributed by atoms with Crippen LogP contribution in [0.2, 0.25) is 0 Å². The molecule has 0 bridgehead atoms. The molecule has 0 spiro atoms. The van der Waals surface area contributed by atoms with Crippen LogP contribution in [0.25, 0.3) is 11.0 Å². The number of aromatic nitrogens is 3. The number of hydrogen-bond donors (Lipinski definition) is 1. The van der Waals surface area contributed by atoms with Gasteiger partial charge in [-0.3, -0.25) is 0 Å². The number of hydrogen-bond acceptors (Lipinski definition) is 5. The molecule has 21 heavy (non-hydrogen) atoms. The monoisotopic (exact) mass is 305 g/mol. The molecule has 0 saturated carbocycles. The molecule has 2 heterocycles. The van der Waals surface area contributed by atoms with E-state index in [1.54, 1.807) is 12.1 Å². The largest absolute Gasteiger partial charge is 0.372 e. The van der Waals surface area contributed by atoms with E-state index in [9.17, 15) is 8.42 Å². The highest BCUT2D eigenvalue weighted by Gasteiger charge is 2.20. The third-order valence-corrected chi connectivity index (χ3v) is 4.66. The topological polar surface area (TPSA) is 76.9 Å². The lowest BCUT2D eigenvalue weighted by Gasteiger charge is -2.07. The maximum atomic E-state index is 12.9. The molecule has 0 saturated heterocycles. The Balaban J connectivity index is 2.40. The second-order valence-corrected chi connectivity index (χ2v) is 6.23. The van der Waals surface area contributed by atoms with Gasteiger partial charge >= 0.3 is 0 Å². The Labute approximate surface area is 126 Å². The average molecular weight is 305 g/mol. The quantitative estimate of drug-likeness (QED) is 0.801. The summed E-state index contributed by atoms with van der Waals surface area (Å²) in [6.07, 6.45) is -0.924. The van der Waals surface area contributed by atoms with Crippen molar-refractivity contribution in [2.24, 2.45) is 0 Å². The summed E-state index contributed by atoms with van der Waals surface area (Å²) in [6.45, 7) is 1.83. The minimum absolute atomic E-state index is 0.0188. The molecule has 0 unspecified atom stereocenters. The number of nitrogens with one attached hydrogen (secondary N) is 1. The van der Waals surface area contributed by atoms with Crippen molar-refractivity contribution in [1.82, 2.24) is 13.9 Å². The predicted octanol–water partition coefficient (Wildman–Crippen LogP) is 2.02. The molecule has 1 N–H and O–H groups in total. The summed E-state index contributed by atoms with van der Waals surface area (Å²) in [5.74, 6) is 0.140. The third kappa shape index (κ3) is 2.15. The number of aryl methyl sites for hydroxylation is 1. The fraction of sp³-hybridized carbons (Fsp3) is 0.143. The summed E-state index contributed by atoms with van der Waals surface area (Å²) in [4.78, 5) is 7.65. The van der Waals surface area contributed by atoms with Gasteiger partial charge < -0.3 is 5.32 Å². The SMILES string of the molecule is [2H]c1nc(NC)c2c([2H])c([2H])n(S(=O)(=O)c3ccc(C)cc3)c2n1. The van der Waals surface area contributed by atoms with Crippen LogP contribution >= 0.6 is 0 Å². The van der Waals surface area contributed by atoms with Gasteiger partial charge in [-0.15, -0.1) is 0 Å². The summed E-state index contributed by atoms with van der Waals surface area (Å²) in [5.41, 5.74) is 0.738. The summed E-state index contributed by atoms with van der Waals surface area (Å²) in [5, 5.41) is 2.80. The van der Waals surface area contributed by atoms with Gasteiger partial charge in [-0.25, -0.2) is 22.4 Å². The van der Waals surface area contributed by atoms with Crippen LogP contribution in [0.4, 0.5) is 5.82 Å². The lowest BCUT2D eigenvalue weighted by molar-refractivity contribution is 0.588. The molecule has 7 heteroatoms. The van der Waals surface area contributed by atoms with Crippen molar-refractivity contribution in [3.8, 4) is 0 Å². The van der Waals surface area contributed by atoms with E-state index in [2.05, 4.69) is 15.3 Å². The van der Waals surface area contributed by atoms with Crippen molar-refractivity contribution in [1.29, 1.82) is 0 Å². The molecule has 2 aromatic heterocycles. The van der Waals surface area contributed by atoms with E-state index >= 15 is 0 Å². The fourth-order valence-electron chi connectivity index (χ4n) is 1.93. The van der Waals surface area contributed by atoms with E-state index < -0.39 is 22.5 Å². The van der Waals surface area contributed by atoms with Gasteiger partial charge in [0.05, 0.1) is 13.0 Å². The van der Waals surface area contributed by atoms with Crippen LogP contribution in [0, 0.1) is 6.92 Å². The molecule has 0 fully saturated rings. The van der Waals surface area contributed by atoms with Crippen molar-refractivity contribution in [2.45, 2.75) is 11.8 Å². The molecule has 3 rings (SSSR count). The van der Waals surface area contributed by atoms with Gasteiger partial charge in [-0.2, -0.15) is 0 Å². The van der Waals surface area contributed by atoms with E-state index in [1.807, 2.05) is 6.92 Å². The molecular weight excluding hydrogens is 288 g/mol. The van der Waals surface area contributed by atoms with E-state index in [0.29, 0.717) is 3.97 Å². The van der Waals surface area contributed by atoms with Crippen LogP contribution in [0.15, 0.2) is 47.7 Å². The number of benzene rings is 1. The van der Waals surface area contributed by atoms with Crippen molar-refractivity contribution < 1.29 is 12.5 Å². The average Bonchev–Trinajstić information content (AvgIpc) is 2.78. The van der Waals surface area contributed by atoms with Crippen LogP contribution < -0.4 is 5.32 Å². The van der Waals surface area contributed by atoms with Gasteiger partial charge in [-0.1, -0.05) is 17.7 Å². The highest BCUT2D eigenvalue weighted by atomic mass is 32.2. The molecule has 0 aliphatic rings. The Morgan fingerprint density at radius 2 is 1.95 bits per heavy atom. The fourth-order valence-corrected chi connectivity index (χ4v) is 3.15. The normalized spacial score (nSPS) is 13.7. The number of nitrogens with zero attached hydrogens (tertiary/aromatic N) is 3. The molecule has 3 aromatic rings. The standard InChI is InChI=1S/C14H14N4O2S/c1-10-3-5-11(6-4-10)21(19,20)18-8-7-12-13(15-2)16-9-17-14(12)18/h3-9H,1-2H3,(H,15,16,17)/i7D,8D,9D. The molecule has 108 valence electrons. The first kappa shape index (κ1) is 10.3. The minimum atomic E-state index is -4.13. The lowest BCUT2D eigenvalue weighted by Crippen LogP contribution is -2.12. The summed E-state index contributed by atoms with van der Waals surface area (Å²) in [7, 11) is -2.59. The van der Waals surface area contributed by atoms with Crippen LogP contribution in [-0.2, 0) is 10.0 Å². The molecule has 0 radical (unpaired) electrons. The molecule has 0 aliphatic heterocycles. The zero-order chi connectivity index (χ0) is 17.6. The molecule has 0 atom stereocenters. The zero-order valence-corrected chi connectivity index (χ0v) is 12.2. The third-order valence-electron chi connectivity index (χ3n) is 3.05. The van der Waals surface area contributed by atoms with Crippen molar-refractivity contribution >= 4 is 26.9 Å². The van der Waals surface area contributed by atoms with Gasteiger partial charge in [0, 0.05) is 13.2 Å². The van der Waals surface area contributed by atoms with E-state index in [-0.39, 0.29) is 27.8 Å². The Bertz CT molecular complexity index is 1050. The first-order chi connectivity index (χ1) is 11.3. The predicted molar refractivity (Wildman–Crippen MR) is 80.8 cm³/mol. The van der Waals surface area contributed by atoms with E-state index in [0.717, 1.165) is 5.56 Å². The summed E-state index contributed by atoms with van der Waals surface area (Å²) in [6, 6.07) is 5.84. The number of fused-ring (bicyclic) bond motifs is 1. The molecular formula is C14H14N4O2S. The Hall–Kier alpha value is -2.41. The highest BCUT2D eigenvalue weighted by molar-refractivity contribution is 7.90. The minimum Gasteiger partial charge on any atom is -0.372 e. The van der Waals surface area contributed by atoms with Gasteiger partial charge in [0.15, 0.2) is 5.65 Å².